The summed E-state index contributed by atoms with van der Waals surface area (Å²) in [6.07, 6.45) is -0.549. The first kappa shape index (κ1) is 20.8. The minimum atomic E-state index is -0.887. The third kappa shape index (κ3) is 5.32. The van der Waals surface area contributed by atoms with E-state index in [0.717, 1.165) is 22.8 Å². The zero-order chi connectivity index (χ0) is 20.8. The van der Waals surface area contributed by atoms with Crippen molar-refractivity contribution in [2.75, 3.05) is 6.61 Å². The van der Waals surface area contributed by atoms with E-state index >= 15 is 0 Å². The fourth-order valence-corrected chi connectivity index (χ4v) is 3.19. The average Bonchev–Trinajstić information content (AvgIpc) is 3.53. The number of carbonyl (C=O) groups is 3. The van der Waals surface area contributed by atoms with Crippen LogP contribution in [0.4, 0.5) is 0 Å². The number of carbonyl (C=O) groups excluding carboxylic acids is 3. The summed E-state index contributed by atoms with van der Waals surface area (Å²) in [6.45, 7) is 4.21. The molecule has 154 valence electrons. The zero-order valence-electron chi connectivity index (χ0n) is 16.6. The van der Waals surface area contributed by atoms with Crippen molar-refractivity contribution in [2.45, 2.75) is 51.5 Å². The van der Waals surface area contributed by atoms with Gasteiger partial charge in [0.15, 0.2) is 12.2 Å². The standard InChI is InChI=1S/C22H26N2O5/c1-3-7-17(24-21(26)18-19(29-18)22(27)28-4-2)20(25)23-13-14-10-11-15-8-5-6-9-16(15)12-14/h5-6,8-12,17-19H,3-4,7,13H2,1-2H3,(H,23,25)(H,24,26)/t17-,18?,19-/m0/s1. The van der Waals surface area contributed by atoms with Gasteiger partial charge in [0.05, 0.1) is 6.61 Å². The first-order valence-corrected chi connectivity index (χ1v) is 9.91. The Kier molecular flexibility index (Phi) is 6.82. The highest BCUT2D eigenvalue weighted by atomic mass is 16.6. The number of benzene rings is 2. The van der Waals surface area contributed by atoms with Crippen molar-refractivity contribution >= 4 is 28.6 Å². The largest absolute Gasteiger partial charge is 0.464 e. The zero-order valence-corrected chi connectivity index (χ0v) is 16.6. The first-order valence-electron chi connectivity index (χ1n) is 9.91. The van der Waals surface area contributed by atoms with E-state index in [-0.39, 0.29) is 12.5 Å². The number of hydrogen-bond donors (Lipinski definition) is 2. The van der Waals surface area contributed by atoms with Crippen LogP contribution in [-0.2, 0) is 30.4 Å². The Balaban J connectivity index is 1.54. The molecule has 2 aromatic rings. The van der Waals surface area contributed by atoms with Crippen molar-refractivity contribution in [1.82, 2.24) is 10.6 Å². The van der Waals surface area contributed by atoms with Gasteiger partial charge in [0.2, 0.25) is 5.91 Å². The second-order valence-corrected chi connectivity index (χ2v) is 6.98. The molecular formula is C22H26N2O5. The molecule has 2 aromatic carbocycles. The Labute approximate surface area is 169 Å². The quantitative estimate of drug-likeness (QED) is 0.498. The molecule has 2 amide bonds. The van der Waals surface area contributed by atoms with E-state index in [0.29, 0.717) is 13.0 Å². The van der Waals surface area contributed by atoms with E-state index in [1.54, 1.807) is 6.92 Å². The Morgan fingerprint density at radius 3 is 2.55 bits per heavy atom. The van der Waals surface area contributed by atoms with Crippen LogP contribution in [0.1, 0.15) is 32.3 Å². The molecule has 1 aliphatic heterocycles. The number of amides is 2. The van der Waals surface area contributed by atoms with E-state index in [4.69, 9.17) is 9.47 Å². The molecule has 0 bridgehead atoms. The van der Waals surface area contributed by atoms with Gasteiger partial charge in [0.1, 0.15) is 6.04 Å². The van der Waals surface area contributed by atoms with Crippen molar-refractivity contribution in [3.63, 3.8) is 0 Å². The minimum Gasteiger partial charge on any atom is -0.464 e. The number of hydrogen-bond acceptors (Lipinski definition) is 5. The van der Waals surface area contributed by atoms with Crippen LogP contribution >= 0.6 is 0 Å². The maximum Gasteiger partial charge on any atom is 0.338 e. The highest BCUT2D eigenvalue weighted by Crippen LogP contribution is 2.24. The second kappa shape index (κ2) is 9.52. The van der Waals surface area contributed by atoms with Gasteiger partial charge in [-0.3, -0.25) is 9.59 Å². The Morgan fingerprint density at radius 1 is 1.07 bits per heavy atom. The number of rotatable bonds is 9. The molecule has 0 aromatic heterocycles. The fourth-order valence-electron chi connectivity index (χ4n) is 3.19. The van der Waals surface area contributed by atoms with Gasteiger partial charge in [-0.05, 0) is 35.7 Å². The lowest BCUT2D eigenvalue weighted by molar-refractivity contribution is -0.144. The summed E-state index contributed by atoms with van der Waals surface area (Å²) >= 11 is 0. The van der Waals surface area contributed by atoms with E-state index < -0.39 is 30.1 Å². The predicted octanol–water partition coefficient (Wildman–Crippen LogP) is 2.07. The summed E-state index contributed by atoms with van der Waals surface area (Å²) in [5, 5.41) is 7.81. The average molecular weight is 398 g/mol. The summed E-state index contributed by atoms with van der Waals surface area (Å²) in [6, 6.07) is 13.4. The van der Waals surface area contributed by atoms with E-state index in [1.165, 1.54) is 0 Å². The molecule has 3 atom stereocenters. The molecule has 7 heteroatoms. The molecule has 0 spiro atoms. The molecular weight excluding hydrogens is 372 g/mol. The molecule has 0 radical (unpaired) electrons. The SMILES string of the molecule is CCC[C@H](NC(=O)C1O[C@@H]1C(=O)OCC)C(=O)NCc1ccc2ccccc2c1. The van der Waals surface area contributed by atoms with Crippen LogP contribution in [0.2, 0.25) is 0 Å². The van der Waals surface area contributed by atoms with Crippen LogP contribution in [-0.4, -0.2) is 42.6 Å². The second-order valence-electron chi connectivity index (χ2n) is 6.98. The van der Waals surface area contributed by atoms with Gasteiger partial charge < -0.3 is 20.1 Å². The topological polar surface area (TPSA) is 97.0 Å². The molecule has 1 unspecified atom stereocenters. The summed E-state index contributed by atoms with van der Waals surface area (Å²) in [7, 11) is 0. The maximum atomic E-state index is 12.6. The number of nitrogens with one attached hydrogen (secondary N) is 2. The van der Waals surface area contributed by atoms with Crippen LogP contribution in [0.3, 0.4) is 0 Å². The van der Waals surface area contributed by atoms with Gasteiger partial charge in [-0.2, -0.15) is 0 Å². The third-order valence-electron chi connectivity index (χ3n) is 4.76. The predicted molar refractivity (Wildman–Crippen MR) is 108 cm³/mol. The maximum absolute atomic E-state index is 12.6. The normalized spacial score (nSPS) is 18.7. The Bertz CT molecular complexity index is 898. The molecule has 0 saturated carbocycles. The third-order valence-corrected chi connectivity index (χ3v) is 4.76. The molecule has 29 heavy (non-hydrogen) atoms. The first-order chi connectivity index (χ1) is 14.0. The van der Waals surface area contributed by atoms with Gasteiger partial charge >= 0.3 is 5.97 Å². The van der Waals surface area contributed by atoms with Crippen LogP contribution in [0.5, 0.6) is 0 Å². The number of fused-ring (bicyclic) bond motifs is 1. The van der Waals surface area contributed by atoms with Gasteiger partial charge in [-0.15, -0.1) is 0 Å². The number of ether oxygens (including phenoxy) is 2. The Hall–Kier alpha value is -2.93. The fraction of sp³-hybridized carbons (Fsp3) is 0.409. The molecule has 1 heterocycles. The van der Waals surface area contributed by atoms with Crippen molar-refractivity contribution in [2.24, 2.45) is 0 Å². The summed E-state index contributed by atoms with van der Waals surface area (Å²) in [4.78, 5) is 36.5. The van der Waals surface area contributed by atoms with Gasteiger partial charge in [-0.1, -0.05) is 49.7 Å². The summed E-state index contributed by atoms with van der Waals surface area (Å²) < 4.78 is 9.94. The molecule has 2 N–H and O–H groups in total. The summed E-state index contributed by atoms with van der Waals surface area (Å²) in [5.74, 6) is -1.29. The Morgan fingerprint density at radius 2 is 1.83 bits per heavy atom. The number of esters is 1. The highest BCUT2D eigenvalue weighted by Gasteiger charge is 2.52. The van der Waals surface area contributed by atoms with E-state index in [2.05, 4.69) is 10.6 Å². The smallest absolute Gasteiger partial charge is 0.338 e. The number of epoxide rings is 1. The molecule has 1 saturated heterocycles. The van der Waals surface area contributed by atoms with Gasteiger partial charge in [0, 0.05) is 6.54 Å². The molecule has 3 rings (SSSR count). The van der Waals surface area contributed by atoms with Crippen molar-refractivity contribution in [1.29, 1.82) is 0 Å². The monoisotopic (exact) mass is 398 g/mol. The molecule has 0 aliphatic carbocycles. The van der Waals surface area contributed by atoms with Crippen LogP contribution in [0.15, 0.2) is 42.5 Å². The lowest BCUT2D eigenvalue weighted by Gasteiger charge is -2.17. The van der Waals surface area contributed by atoms with Crippen molar-refractivity contribution in [3.8, 4) is 0 Å². The van der Waals surface area contributed by atoms with Crippen LogP contribution in [0, 0.1) is 0 Å². The lowest BCUT2D eigenvalue weighted by Crippen LogP contribution is -2.48. The van der Waals surface area contributed by atoms with Crippen LogP contribution in [0.25, 0.3) is 10.8 Å². The highest BCUT2D eigenvalue weighted by molar-refractivity contribution is 5.95. The van der Waals surface area contributed by atoms with Gasteiger partial charge in [-0.25, -0.2) is 4.79 Å². The summed E-state index contributed by atoms with van der Waals surface area (Å²) in [5.41, 5.74) is 0.978. The van der Waals surface area contributed by atoms with Crippen molar-refractivity contribution in [3.05, 3.63) is 48.0 Å². The molecule has 1 aliphatic rings. The van der Waals surface area contributed by atoms with E-state index in [9.17, 15) is 14.4 Å². The van der Waals surface area contributed by atoms with E-state index in [1.807, 2.05) is 49.4 Å². The molecule has 1 fully saturated rings. The van der Waals surface area contributed by atoms with Crippen molar-refractivity contribution < 1.29 is 23.9 Å². The minimum absolute atomic E-state index is 0.225. The van der Waals surface area contributed by atoms with Crippen LogP contribution < -0.4 is 10.6 Å². The molecule has 7 nitrogen and oxygen atoms in total. The van der Waals surface area contributed by atoms with Gasteiger partial charge in [0.25, 0.3) is 5.91 Å². The lowest BCUT2D eigenvalue weighted by atomic mass is 10.1.